The summed E-state index contributed by atoms with van der Waals surface area (Å²) in [6.07, 6.45) is 14.6. The van der Waals surface area contributed by atoms with Gasteiger partial charge in [-0.05, 0) is 89.9 Å². The molecule has 1 unspecified atom stereocenters. The van der Waals surface area contributed by atoms with Crippen molar-refractivity contribution >= 4 is 23.9 Å². The molecule has 12 nitrogen and oxygen atoms in total. The third-order valence-corrected chi connectivity index (χ3v) is 10.1. The van der Waals surface area contributed by atoms with Crippen molar-refractivity contribution in [1.82, 2.24) is 0 Å². The lowest BCUT2D eigenvalue weighted by Gasteiger charge is -2.28. The van der Waals surface area contributed by atoms with E-state index in [1.165, 1.54) is 12.2 Å². The largest absolute Gasteiger partial charge is 0.463 e. The van der Waals surface area contributed by atoms with Gasteiger partial charge in [0.15, 0.2) is 12.2 Å². The second-order valence-electron chi connectivity index (χ2n) is 13.8. The van der Waals surface area contributed by atoms with Crippen LogP contribution in [0.3, 0.4) is 0 Å². The highest BCUT2D eigenvalue weighted by atomic mass is 16.7. The predicted molar refractivity (Wildman–Crippen MR) is 182 cm³/mol. The Kier molecular flexibility index (Phi) is 17.8. The van der Waals surface area contributed by atoms with Gasteiger partial charge in [0.2, 0.25) is 0 Å². The van der Waals surface area contributed by atoms with E-state index in [0.29, 0.717) is 26.4 Å². The quantitative estimate of drug-likeness (QED) is 0.0621. The van der Waals surface area contributed by atoms with Gasteiger partial charge in [-0.25, -0.2) is 9.59 Å². The number of carbonyl (C=O) groups excluding carboxylic acids is 4. The van der Waals surface area contributed by atoms with Gasteiger partial charge < -0.3 is 37.9 Å². The van der Waals surface area contributed by atoms with E-state index in [4.69, 9.17) is 37.9 Å². The number of hydrogen-bond acceptors (Lipinski definition) is 12. The summed E-state index contributed by atoms with van der Waals surface area (Å²) in [6.45, 7) is 9.44. The Morgan fingerprint density at radius 2 is 0.880 bits per heavy atom. The maximum Gasteiger partial charge on any atom is 0.330 e. The first-order valence-corrected chi connectivity index (χ1v) is 18.8. The molecule has 0 radical (unpaired) electrons. The number of esters is 4. The van der Waals surface area contributed by atoms with Crippen LogP contribution < -0.4 is 0 Å². The van der Waals surface area contributed by atoms with Crippen molar-refractivity contribution in [1.29, 1.82) is 0 Å². The average molecular weight is 707 g/mol. The van der Waals surface area contributed by atoms with Crippen molar-refractivity contribution in [3.8, 4) is 0 Å². The fourth-order valence-corrected chi connectivity index (χ4v) is 7.13. The van der Waals surface area contributed by atoms with Crippen molar-refractivity contribution < 1.29 is 57.1 Å². The molecule has 50 heavy (non-hydrogen) atoms. The second-order valence-corrected chi connectivity index (χ2v) is 13.8. The van der Waals surface area contributed by atoms with Gasteiger partial charge in [0.05, 0.1) is 50.5 Å². The molecule has 2 aliphatic carbocycles. The minimum atomic E-state index is -0.507. The highest BCUT2D eigenvalue weighted by molar-refractivity contribution is 5.81. The first-order valence-electron chi connectivity index (χ1n) is 18.8. The van der Waals surface area contributed by atoms with Gasteiger partial charge in [0, 0.05) is 25.4 Å². The molecule has 4 atom stereocenters. The maximum absolute atomic E-state index is 13.0. The molecule has 2 saturated carbocycles. The molecule has 0 N–H and O–H groups in total. The molecule has 0 spiro atoms. The monoisotopic (exact) mass is 706 g/mol. The molecule has 282 valence electrons. The number of carbonyl (C=O) groups is 4. The molecular weight excluding hydrogens is 648 g/mol. The fraction of sp³-hybridized carbons (Fsp3) is 0.789. The van der Waals surface area contributed by atoms with E-state index in [0.717, 1.165) is 103 Å². The van der Waals surface area contributed by atoms with Crippen LogP contribution >= 0.6 is 0 Å². The molecule has 2 aliphatic heterocycles. The van der Waals surface area contributed by atoms with E-state index in [2.05, 4.69) is 13.2 Å². The smallest absolute Gasteiger partial charge is 0.330 e. The molecule has 4 aliphatic rings. The molecule has 0 aromatic heterocycles. The van der Waals surface area contributed by atoms with Crippen molar-refractivity contribution in [2.75, 3.05) is 39.6 Å². The van der Waals surface area contributed by atoms with Crippen LogP contribution in [-0.2, 0) is 57.1 Å². The van der Waals surface area contributed by atoms with Crippen molar-refractivity contribution in [2.24, 2.45) is 11.8 Å². The van der Waals surface area contributed by atoms with Crippen LogP contribution in [0.15, 0.2) is 25.3 Å². The Morgan fingerprint density at radius 1 is 0.520 bits per heavy atom. The number of rotatable bonds is 22. The van der Waals surface area contributed by atoms with Crippen LogP contribution in [0, 0.1) is 11.8 Å². The standard InChI is InChI=1S/C38H58O12/c1-3-33(39)45-23-11-7-5-9-21-43-29-17-13-27(14-18-29)37(41)49-31-25-47-36-32(26-48-35(31)36)50-38(42)28-15-19-30(20-16-28)44-22-10-6-8-12-24-46-34(40)4-2/h3-4,27-32,35-36H,1-2,5-26H2/t27?,28?,29?,30?,31-,32?,35-,36-/m1/s1. The molecule has 0 aromatic rings. The van der Waals surface area contributed by atoms with Crippen LogP contribution in [0.5, 0.6) is 0 Å². The van der Waals surface area contributed by atoms with Crippen LogP contribution in [-0.4, -0.2) is 100 Å². The Balaban J connectivity index is 1.02. The molecule has 0 aromatic carbocycles. The summed E-state index contributed by atoms with van der Waals surface area (Å²) in [5.74, 6) is -1.53. The molecule has 4 rings (SSSR count). The maximum atomic E-state index is 13.0. The summed E-state index contributed by atoms with van der Waals surface area (Å²) in [4.78, 5) is 48.2. The van der Waals surface area contributed by atoms with Gasteiger partial charge in [-0.2, -0.15) is 0 Å². The zero-order chi connectivity index (χ0) is 35.6. The van der Waals surface area contributed by atoms with Crippen LogP contribution in [0.2, 0.25) is 0 Å². The predicted octanol–water partition coefficient (Wildman–Crippen LogP) is 5.34. The zero-order valence-electron chi connectivity index (χ0n) is 29.6. The van der Waals surface area contributed by atoms with Crippen LogP contribution in [0.4, 0.5) is 0 Å². The normalized spacial score (nSPS) is 29.0. The van der Waals surface area contributed by atoms with E-state index >= 15 is 0 Å². The van der Waals surface area contributed by atoms with Gasteiger partial charge in [-0.1, -0.05) is 26.0 Å². The molecular formula is C38H58O12. The second kappa shape index (κ2) is 22.2. The molecule has 12 heteroatoms. The highest BCUT2D eigenvalue weighted by Crippen LogP contribution is 2.35. The minimum Gasteiger partial charge on any atom is -0.463 e. The molecule has 0 amide bonds. The van der Waals surface area contributed by atoms with Crippen molar-refractivity contribution in [3.05, 3.63) is 25.3 Å². The van der Waals surface area contributed by atoms with E-state index < -0.39 is 24.4 Å². The minimum absolute atomic E-state index is 0.160. The Morgan fingerprint density at radius 3 is 1.24 bits per heavy atom. The fourth-order valence-electron chi connectivity index (χ4n) is 7.13. The highest BCUT2D eigenvalue weighted by Gasteiger charge is 2.52. The summed E-state index contributed by atoms with van der Waals surface area (Å²) >= 11 is 0. The molecule has 0 bridgehead atoms. The van der Waals surface area contributed by atoms with Crippen molar-refractivity contribution in [2.45, 2.75) is 139 Å². The van der Waals surface area contributed by atoms with Gasteiger partial charge in [0.25, 0.3) is 0 Å². The summed E-state index contributed by atoms with van der Waals surface area (Å²) < 4.78 is 45.7. The molecule has 2 heterocycles. The zero-order valence-corrected chi connectivity index (χ0v) is 29.6. The van der Waals surface area contributed by atoms with E-state index in [1.54, 1.807) is 0 Å². The lowest BCUT2D eigenvalue weighted by molar-refractivity contribution is -0.162. The molecule has 2 saturated heterocycles. The Labute approximate surface area is 296 Å². The van der Waals surface area contributed by atoms with Crippen LogP contribution in [0.1, 0.15) is 103 Å². The summed E-state index contributed by atoms with van der Waals surface area (Å²) in [5, 5.41) is 0. The number of hydrogen-bond donors (Lipinski definition) is 0. The van der Waals surface area contributed by atoms with E-state index in [-0.39, 0.29) is 61.1 Å². The summed E-state index contributed by atoms with van der Waals surface area (Å²) in [7, 11) is 0. The third-order valence-electron chi connectivity index (χ3n) is 10.1. The van der Waals surface area contributed by atoms with Gasteiger partial charge in [-0.15, -0.1) is 0 Å². The van der Waals surface area contributed by atoms with E-state index in [9.17, 15) is 19.2 Å². The Hall–Kier alpha value is -2.80. The lowest BCUT2D eigenvalue weighted by Crippen LogP contribution is -2.38. The lowest BCUT2D eigenvalue weighted by atomic mass is 9.87. The SMILES string of the molecule is C=CC(=O)OCCCCCCOC1CCC(C(=O)OC2CO[C@H]3[C@@H]2OC[C@H]3OC(=O)C2CCC(OCCCCCCOC(=O)C=C)CC2)CC1. The summed E-state index contributed by atoms with van der Waals surface area (Å²) in [6, 6.07) is 0. The first-order chi connectivity index (χ1) is 24.4. The number of unbranched alkanes of at least 4 members (excludes halogenated alkanes) is 6. The van der Waals surface area contributed by atoms with Gasteiger partial charge in [0.1, 0.15) is 12.2 Å². The topological polar surface area (TPSA) is 142 Å². The Bertz CT molecular complexity index is 994. The number of fused-ring (bicyclic) bond motifs is 1. The molecule has 4 fully saturated rings. The van der Waals surface area contributed by atoms with E-state index in [1.807, 2.05) is 0 Å². The average Bonchev–Trinajstić information content (AvgIpc) is 3.73. The first kappa shape index (κ1) is 40.0. The van der Waals surface area contributed by atoms with Gasteiger partial charge >= 0.3 is 23.9 Å². The third kappa shape index (κ3) is 13.4. The van der Waals surface area contributed by atoms with Crippen LogP contribution in [0.25, 0.3) is 0 Å². The number of ether oxygens (including phenoxy) is 8. The van der Waals surface area contributed by atoms with Gasteiger partial charge in [-0.3, -0.25) is 9.59 Å². The summed E-state index contributed by atoms with van der Waals surface area (Å²) in [5.41, 5.74) is 0. The van der Waals surface area contributed by atoms with Crippen molar-refractivity contribution in [3.63, 3.8) is 0 Å².